The summed E-state index contributed by atoms with van der Waals surface area (Å²) in [5.41, 5.74) is 0. The maximum atomic E-state index is 12.5. The molecule has 3 saturated heterocycles. The number of carbonyl (C=O) groups is 2. The van der Waals surface area contributed by atoms with E-state index in [2.05, 4.69) is 14.9 Å². The lowest BCUT2D eigenvalue weighted by Crippen LogP contribution is -2.51. The van der Waals surface area contributed by atoms with Gasteiger partial charge in [0, 0.05) is 64.5 Å². The lowest BCUT2D eigenvalue weighted by Gasteiger charge is -2.38. The molecule has 1 aromatic rings. The normalized spacial score (nSPS) is 22.3. The van der Waals surface area contributed by atoms with E-state index >= 15 is 0 Å². The molecular weight excluding hydrogens is 350 g/mol. The number of carbonyl (C=O) groups excluding carboxylic acids is 2. The minimum Gasteiger partial charge on any atom is -0.347 e. The standard InChI is InChI=1S/C18H25N5O4/c24-15(21-6-2-18(3-7-21)26-12-13-27-18)14-16(25)22-8-10-23(11-9-22)17-19-4-1-5-20-17/h1,4-5H,2-3,6-14H2. The molecule has 4 rings (SSSR count). The number of likely N-dealkylation sites (tertiary alicyclic amines) is 1. The second-order valence-electron chi connectivity index (χ2n) is 7.08. The molecule has 2 amide bonds. The van der Waals surface area contributed by atoms with E-state index in [1.165, 1.54) is 0 Å². The largest absolute Gasteiger partial charge is 0.347 e. The summed E-state index contributed by atoms with van der Waals surface area (Å²) < 4.78 is 11.4. The molecule has 9 nitrogen and oxygen atoms in total. The third kappa shape index (κ3) is 4.03. The first-order valence-corrected chi connectivity index (χ1v) is 9.51. The molecule has 146 valence electrons. The van der Waals surface area contributed by atoms with Crippen LogP contribution < -0.4 is 4.90 Å². The van der Waals surface area contributed by atoms with Crippen LogP contribution in [0.2, 0.25) is 0 Å². The number of ether oxygens (including phenoxy) is 2. The van der Waals surface area contributed by atoms with Crippen LogP contribution in [0.3, 0.4) is 0 Å². The number of amides is 2. The van der Waals surface area contributed by atoms with Crippen molar-refractivity contribution >= 4 is 17.8 Å². The van der Waals surface area contributed by atoms with Crippen molar-refractivity contribution in [2.75, 3.05) is 57.4 Å². The maximum absolute atomic E-state index is 12.5. The van der Waals surface area contributed by atoms with Gasteiger partial charge in [-0.25, -0.2) is 9.97 Å². The molecule has 0 unspecified atom stereocenters. The van der Waals surface area contributed by atoms with E-state index in [0.717, 1.165) is 0 Å². The summed E-state index contributed by atoms with van der Waals surface area (Å²) in [4.78, 5) is 39.1. The van der Waals surface area contributed by atoms with Gasteiger partial charge in [0.2, 0.25) is 17.8 Å². The van der Waals surface area contributed by atoms with Crippen LogP contribution in [0.15, 0.2) is 18.5 Å². The summed E-state index contributed by atoms with van der Waals surface area (Å²) in [6.07, 6.45) is 4.69. The quantitative estimate of drug-likeness (QED) is 0.681. The van der Waals surface area contributed by atoms with Crippen LogP contribution in [0, 0.1) is 0 Å². The minimum absolute atomic E-state index is 0.0729. The zero-order valence-corrected chi connectivity index (χ0v) is 15.4. The van der Waals surface area contributed by atoms with E-state index < -0.39 is 5.79 Å². The third-order valence-corrected chi connectivity index (χ3v) is 5.46. The van der Waals surface area contributed by atoms with Crippen molar-refractivity contribution in [3.63, 3.8) is 0 Å². The number of piperazine rings is 1. The summed E-state index contributed by atoms with van der Waals surface area (Å²) in [6, 6.07) is 1.78. The predicted octanol–water partition coefficient (Wildman–Crippen LogP) is -0.119. The van der Waals surface area contributed by atoms with Crippen LogP contribution in [0.4, 0.5) is 5.95 Å². The van der Waals surface area contributed by atoms with Gasteiger partial charge in [0.05, 0.1) is 13.2 Å². The van der Waals surface area contributed by atoms with E-state index in [-0.39, 0.29) is 18.2 Å². The monoisotopic (exact) mass is 375 g/mol. The van der Waals surface area contributed by atoms with Crippen molar-refractivity contribution in [1.82, 2.24) is 19.8 Å². The average Bonchev–Trinajstić information content (AvgIpc) is 3.17. The molecule has 0 atom stereocenters. The van der Waals surface area contributed by atoms with E-state index in [1.54, 1.807) is 28.3 Å². The third-order valence-electron chi connectivity index (χ3n) is 5.46. The maximum Gasteiger partial charge on any atom is 0.232 e. The molecule has 1 aromatic heterocycles. The van der Waals surface area contributed by atoms with E-state index in [4.69, 9.17) is 9.47 Å². The van der Waals surface area contributed by atoms with Crippen molar-refractivity contribution in [2.45, 2.75) is 25.0 Å². The van der Waals surface area contributed by atoms with Crippen LogP contribution in [0.1, 0.15) is 19.3 Å². The number of rotatable bonds is 3. The molecule has 0 aliphatic carbocycles. The highest BCUT2D eigenvalue weighted by Gasteiger charge is 2.41. The molecule has 0 bridgehead atoms. The Kier molecular flexibility index (Phi) is 5.22. The molecule has 3 fully saturated rings. The zero-order chi connectivity index (χ0) is 18.7. The Balaban J connectivity index is 1.23. The Hall–Kier alpha value is -2.26. The van der Waals surface area contributed by atoms with Crippen LogP contribution >= 0.6 is 0 Å². The van der Waals surface area contributed by atoms with Gasteiger partial charge in [-0.05, 0) is 6.07 Å². The molecule has 3 aliphatic heterocycles. The first-order valence-electron chi connectivity index (χ1n) is 9.51. The van der Waals surface area contributed by atoms with Crippen molar-refractivity contribution in [2.24, 2.45) is 0 Å². The molecule has 4 heterocycles. The van der Waals surface area contributed by atoms with E-state index in [9.17, 15) is 9.59 Å². The van der Waals surface area contributed by atoms with Crippen LogP contribution in [-0.2, 0) is 19.1 Å². The highest BCUT2D eigenvalue weighted by Crippen LogP contribution is 2.31. The number of hydrogen-bond acceptors (Lipinski definition) is 7. The molecule has 1 spiro atoms. The fourth-order valence-electron chi connectivity index (χ4n) is 3.85. The van der Waals surface area contributed by atoms with Gasteiger partial charge in [-0.2, -0.15) is 0 Å². The van der Waals surface area contributed by atoms with Crippen LogP contribution in [0.5, 0.6) is 0 Å². The molecule has 0 saturated carbocycles. The number of hydrogen-bond donors (Lipinski definition) is 0. The molecule has 0 radical (unpaired) electrons. The molecule has 27 heavy (non-hydrogen) atoms. The summed E-state index contributed by atoms with van der Waals surface area (Å²) in [5, 5.41) is 0. The van der Waals surface area contributed by atoms with Crippen molar-refractivity contribution < 1.29 is 19.1 Å². The van der Waals surface area contributed by atoms with E-state index in [0.29, 0.717) is 71.3 Å². The number of nitrogens with zero attached hydrogens (tertiary/aromatic N) is 5. The summed E-state index contributed by atoms with van der Waals surface area (Å²) in [6.45, 7) is 4.88. The average molecular weight is 375 g/mol. The lowest BCUT2D eigenvalue weighted by molar-refractivity contribution is -0.187. The highest BCUT2D eigenvalue weighted by molar-refractivity contribution is 5.97. The fourth-order valence-corrected chi connectivity index (χ4v) is 3.85. The Labute approximate surface area is 158 Å². The molecule has 0 N–H and O–H groups in total. The Morgan fingerprint density at radius 2 is 1.44 bits per heavy atom. The number of anilines is 1. The fraction of sp³-hybridized carbons (Fsp3) is 0.667. The van der Waals surface area contributed by atoms with Gasteiger partial charge in [0.25, 0.3) is 0 Å². The van der Waals surface area contributed by atoms with Crippen molar-refractivity contribution in [3.05, 3.63) is 18.5 Å². The SMILES string of the molecule is O=C(CC(=O)N1CCC2(CC1)OCCO2)N1CCN(c2ncccn2)CC1. The van der Waals surface area contributed by atoms with Gasteiger partial charge < -0.3 is 24.2 Å². The smallest absolute Gasteiger partial charge is 0.232 e. The van der Waals surface area contributed by atoms with Gasteiger partial charge in [-0.1, -0.05) is 0 Å². The van der Waals surface area contributed by atoms with Crippen molar-refractivity contribution in [3.8, 4) is 0 Å². The topological polar surface area (TPSA) is 88.1 Å². The van der Waals surface area contributed by atoms with Crippen LogP contribution in [0.25, 0.3) is 0 Å². The summed E-state index contributed by atoms with van der Waals surface area (Å²) >= 11 is 0. The summed E-state index contributed by atoms with van der Waals surface area (Å²) in [5.74, 6) is -0.0420. The Morgan fingerprint density at radius 3 is 2.04 bits per heavy atom. The number of aromatic nitrogens is 2. The lowest BCUT2D eigenvalue weighted by atomic mass is 10.0. The molecule has 0 aromatic carbocycles. The van der Waals surface area contributed by atoms with Gasteiger partial charge in [0.1, 0.15) is 6.42 Å². The number of piperidine rings is 1. The first kappa shape index (κ1) is 18.1. The highest BCUT2D eigenvalue weighted by atomic mass is 16.7. The Bertz CT molecular complexity index is 662. The minimum atomic E-state index is -0.503. The Morgan fingerprint density at radius 1 is 0.889 bits per heavy atom. The first-order chi connectivity index (χ1) is 13.2. The van der Waals surface area contributed by atoms with Crippen LogP contribution in [-0.4, -0.2) is 89.9 Å². The van der Waals surface area contributed by atoms with Gasteiger partial charge in [-0.15, -0.1) is 0 Å². The van der Waals surface area contributed by atoms with E-state index in [1.807, 2.05) is 0 Å². The second-order valence-corrected chi connectivity index (χ2v) is 7.08. The summed E-state index contributed by atoms with van der Waals surface area (Å²) in [7, 11) is 0. The van der Waals surface area contributed by atoms with Gasteiger partial charge in [0.15, 0.2) is 5.79 Å². The van der Waals surface area contributed by atoms with Crippen molar-refractivity contribution in [1.29, 1.82) is 0 Å². The molecule has 3 aliphatic rings. The predicted molar refractivity (Wildman–Crippen MR) is 95.9 cm³/mol. The zero-order valence-electron chi connectivity index (χ0n) is 15.4. The van der Waals surface area contributed by atoms with Gasteiger partial charge >= 0.3 is 0 Å². The second kappa shape index (κ2) is 7.77. The molecular formula is C18H25N5O4. The molecule has 9 heteroatoms. The van der Waals surface area contributed by atoms with Gasteiger partial charge in [-0.3, -0.25) is 9.59 Å².